The fourth-order valence-corrected chi connectivity index (χ4v) is 2.24. The van der Waals surface area contributed by atoms with Gasteiger partial charge >= 0.3 is 0 Å². The summed E-state index contributed by atoms with van der Waals surface area (Å²) in [5.41, 5.74) is 1.67. The van der Waals surface area contributed by atoms with E-state index in [-0.39, 0.29) is 12.6 Å². The summed E-state index contributed by atoms with van der Waals surface area (Å²) in [6.07, 6.45) is 0. The first-order valence-corrected chi connectivity index (χ1v) is 5.91. The molecular formula is C13H17N3O. The lowest BCUT2D eigenvalue weighted by molar-refractivity contribution is 0.111. The van der Waals surface area contributed by atoms with Gasteiger partial charge in [0.05, 0.1) is 24.3 Å². The third-order valence-electron chi connectivity index (χ3n) is 3.17. The third kappa shape index (κ3) is 2.83. The maximum absolute atomic E-state index is 9.55. The van der Waals surface area contributed by atoms with E-state index in [1.165, 1.54) is 0 Å². The van der Waals surface area contributed by atoms with E-state index < -0.39 is 0 Å². The fraction of sp³-hybridized carbons (Fsp3) is 0.462. The van der Waals surface area contributed by atoms with Gasteiger partial charge in [0.2, 0.25) is 0 Å². The highest BCUT2D eigenvalue weighted by atomic mass is 16.3. The van der Waals surface area contributed by atoms with Crippen molar-refractivity contribution < 1.29 is 5.11 Å². The second-order valence-electron chi connectivity index (χ2n) is 4.22. The molecule has 4 nitrogen and oxygen atoms in total. The van der Waals surface area contributed by atoms with Gasteiger partial charge in [-0.25, -0.2) is 0 Å². The maximum Gasteiger partial charge on any atom is 0.0991 e. The SMILES string of the molecule is N#Cc1cccc([C@H](CO)N2CCNCC2)c1. The normalized spacial score (nSPS) is 18.6. The van der Waals surface area contributed by atoms with Gasteiger partial charge in [-0.2, -0.15) is 5.26 Å². The van der Waals surface area contributed by atoms with Crippen LogP contribution in [0.4, 0.5) is 0 Å². The van der Waals surface area contributed by atoms with Crippen LogP contribution in [0.2, 0.25) is 0 Å². The highest BCUT2D eigenvalue weighted by Crippen LogP contribution is 2.21. The van der Waals surface area contributed by atoms with E-state index in [2.05, 4.69) is 16.3 Å². The molecular weight excluding hydrogens is 214 g/mol. The minimum Gasteiger partial charge on any atom is -0.394 e. The van der Waals surface area contributed by atoms with Gasteiger partial charge in [-0.15, -0.1) is 0 Å². The van der Waals surface area contributed by atoms with Gasteiger partial charge in [-0.05, 0) is 17.7 Å². The highest BCUT2D eigenvalue weighted by Gasteiger charge is 2.21. The molecule has 90 valence electrons. The Labute approximate surface area is 101 Å². The number of aliphatic hydroxyl groups is 1. The summed E-state index contributed by atoms with van der Waals surface area (Å²) >= 11 is 0. The van der Waals surface area contributed by atoms with E-state index in [1.807, 2.05) is 18.2 Å². The maximum atomic E-state index is 9.55. The molecule has 2 N–H and O–H groups in total. The lowest BCUT2D eigenvalue weighted by Gasteiger charge is -2.34. The van der Waals surface area contributed by atoms with Crippen molar-refractivity contribution in [3.63, 3.8) is 0 Å². The minimum atomic E-state index is 0.00500. The van der Waals surface area contributed by atoms with Gasteiger partial charge < -0.3 is 10.4 Å². The molecule has 0 radical (unpaired) electrons. The van der Waals surface area contributed by atoms with Crippen molar-refractivity contribution in [3.8, 4) is 6.07 Å². The molecule has 0 spiro atoms. The van der Waals surface area contributed by atoms with Crippen LogP contribution in [-0.4, -0.2) is 42.8 Å². The first-order valence-electron chi connectivity index (χ1n) is 5.91. The summed E-state index contributed by atoms with van der Waals surface area (Å²) in [6.45, 7) is 3.86. The van der Waals surface area contributed by atoms with E-state index in [9.17, 15) is 5.11 Å². The molecule has 1 saturated heterocycles. The number of hydrogen-bond acceptors (Lipinski definition) is 4. The van der Waals surface area contributed by atoms with Gasteiger partial charge in [0.15, 0.2) is 0 Å². The van der Waals surface area contributed by atoms with Gasteiger partial charge in [0.1, 0.15) is 0 Å². The van der Waals surface area contributed by atoms with Gasteiger partial charge in [-0.1, -0.05) is 12.1 Å². The molecule has 0 amide bonds. The van der Waals surface area contributed by atoms with Crippen LogP contribution >= 0.6 is 0 Å². The van der Waals surface area contributed by atoms with E-state index in [4.69, 9.17) is 5.26 Å². The van der Waals surface area contributed by atoms with E-state index >= 15 is 0 Å². The first-order chi connectivity index (χ1) is 8.35. The Morgan fingerprint density at radius 2 is 2.18 bits per heavy atom. The van der Waals surface area contributed by atoms with Crippen LogP contribution in [0, 0.1) is 11.3 Å². The molecule has 4 heteroatoms. The fourth-order valence-electron chi connectivity index (χ4n) is 2.24. The van der Waals surface area contributed by atoms with Crippen molar-refractivity contribution in [2.24, 2.45) is 0 Å². The van der Waals surface area contributed by atoms with Crippen molar-refractivity contribution in [2.45, 2.75) is 6.04 Å². The third-order valence-corrected chi connectivity index (χ3v) is 3.17. The second kappa shape index (κ2) is 5.78. The standard InChI is InChI=1S/C13H17N3O/c14-9-11-2-1-3-12(8-11)13(10-17)16-6-4-15-5-7-16/h1-3,8,13,15,17H,4-7,10H2/t13-/m0/s1. The lowest BCUT2D eigenvalue weighted by atomic mass is 10.0. The number of aliphatic hydroxyl groups excluding tert-OH is 1. The quantitative estimate of drug-likeness (QED) is 0.795. The number of hydrogen-bond donors (Lipinski definition) is 2. The molecule has 1 atom stereocenters. The average Bonchev–Trinajstić information content (AvgIpc) is 2.41. The highest BCUT2D eigenvalue weighted by molar-refractivity contribution is 5.34. The summed E-state index contributed by atoms with van der Waals surface area (Å²) in [5, 5.41) is 21.7. The van der Waals surface area contributed by atoms with E-state index in [1.54, 1.807) is 6.07 Å². The molecule has 2 rings (SSSR count). The molecule has 0 saturated carbocycles. The number of rotatable bonds is 3. The van der Waals surface area contributed by atoms with Crippen LogP contribution in [0.3, 0.4) is 0 Å². The second-order valence-corrected chi connectivity index (χ2v) is 4.22. The molecule has 0 bridgehead atoms. The summed E-state index contributed by atoms with van der Waals surface area (Å²) < 4.78 is 0. The number of nitriles is 1. The monoisotopic (exact) mass is 231 g/mol. The lowest BCUT2D eigenvalue weighted by Crippen LogP contribution is -2.46. The van der Waals surface area contributed by atoms with Crippen LogP contribution in [0.15, 0.2) is 24.3 Å². The largest absolute Gasteiger partial charge is 0.394 e. The Kier molecular flexibility index (Phi) is 4.10. The van der Waals surface area contributed by atoms with Gasteiger partial charge in [-0.3, -0.25) is 4.90 Å². The van der Waals surface area contributed by atoms with Crippen LogP contribution in [0.25, 0.3) is 0 Å². The number of nitrogens with zero attached hydrogens (tertiary/aromatic N) is 2. The van der Waals surface area contributed by atoms with Crippen molar-refractivity contribution in [3.05, 3.63) is 35.4 Å². The summed E-state index contributed by atoms with van der Waals surface area (Å²) in [4.78, 5) is 2.26. The Hall–Kier alpha value is -1.41. The average molecular weight is 231 g/mol. The molecule has 17 heavy (non-hydrogen) atoms. The number of benzene rings is 1. The van der Waals surface area contributed by atoms with Gasteiger partial charge in [0.25, 0.3) is 0 Å². The Morgan fingerprint density at radius 1 is 1.41 bits per heavy atom. The van der Waals surface area contributed by atoms with Gasteiger partial charge in [0, 0.05) is 26.2 Å². The Morgan fingerprint density at radius 3 is 2.82 bits per heavy atom. The first kappa shape index (κ1) is 12.1. The van der Waals surface area contributed by atoms with Crippen LogP contribution < -0.4 is 5.32 Å². The van der Waals surface area contributed by atoms with Crippen LogP contribution in [0.5, 0.6) is 0 Å². The molecule has 1 fully saturated rings. The zero-order chi connectivity index (χ0) is 12.1. The molecule has 1 aliphatic rings. The molecule has 1 aliphatic heterocycles. The minimum absolute atomic E-state index is 0.00500. The molecule has 0 aromatic heterocycles. The zero-order valence-electron chi connectivity index (χ0n) is 9.76. The number of nitrogens with one attached hydrogen (secondary N) is 1. The molecule has 1 heterocycles. The zero-order valence-corrected chi connectivity index (χ0v) is 9.76. The Balaban J connectivity index is 2.18. The van der Waals surface area contributed by atoms with E-state index in [0.717, 1.165) is 31.7 Å². The smallest absolute Gasteiger partial charge is 0.0991 e. The Bertz CT molecular complexity index is 407. The van der Waals surface area contributed by atoms with Crippen molar-refractivity contribution in [1.29, 1.82) is 5.26 Å². The summed E-state index contributed by atoms with van der Waals surface area (Å²) in [6, 6.07) is 9.64. The van der Waals surface area contributed by atoms with Crippen LogP contribution in [0.1, 0.15) is 17.2 Å². The van der Waals surface area contributed by atoms with Crippen molar-refractivity contribution >= 4 is 0 Å². The molecule has 0 aliphatic carbocycles. The van der Waals surface area contributed by atoms with Crippen molar-refractivity contribution in [1.82, 2.24) is 10.2 Å². The summed E-state index contributed by atoms with van der Waals surface area (Å²) in [5.74, 6) is 0. The summed E-state index contributed by atoms with van der Waals surface area (Å²) in [7, 11) is 0. The van der Waals surface area contributed by atoms with E-state index in [0.29, 0.717) is 5.56 Å². The van der Waals surface area contributed by atoms with Crippen molar-refractivity contribution in [2.75, 3.05) is 32.8 Å². The topological polar surface area (TPSA) is 59.3 Å². The molecule has 1 aromatic rings. The molecule has 0 unspecified atom stereocenters. The molecule has 1 aromatic carbocycles. The number of piperazine rings is 1. The predicted molar refractivity (Wildman–Crippen MR) is 65.4 cm³/mol. The van der Waals surface area contributed by atoms with Crippen LogP contribution in [-0.2, 0) is 0 Å². The predicted octanol–water partition coefficient (Wildman–Crippen LogP) is 0.497.